The highest BCUT2D eigenvalue weighted by molar-refractivity contribution is 7.13. The Morgan fingerprint density at radius 1 is 1.28 bits per heavy atom. The zero-order valence-corrected chi connectivity index (χ0v) is 18.6. The van der Waals surface area contributed by atoms with Crippen LogP contribution in [-0.2, 0) is 11.3 Å². The van der Waals surface area contributed by atoms with Gasteiger partial charge in [-0.15, -0.1) is 11.3 Å². The normalized spacial score (nSPS) is 15.7. The first-order valence-electron chi connectivity index (χ1n) is 10.4. The number of nitrogens with one attached hydrogen (secondary N) is 2. The first-order chi connectivity index (χ1) is 15.5. The molecule has 0 bridgehead atoms. The Balaban J connectivity index is 1.43. The van der Waals surface area contributed by atoms with E-state index in [0.717, 1.165) is 16.1 Å². The Morgan fingerprint density at radius 2 is 2.12 bits per heavy atom. The molecule has 2 aromatic heterocycles. The van der Waals surface area contributed by atoms with Gasteiger partial charge in [0.05, 0.1) is 31.0 Å². The number of ether oxygens (including phenoxy) is 1. The quantitative estimate of drug-likeness (QED) is 0.547. The van der Waals surface area contributed by atoms with E-state index in [-0.39, 0.29) is 36.4 Å². The lowest BCUT2D eigenvalue weighted by molar-refractivity contribution is -0.122. The summed E-state index contributed by atoms with van der Waals surface area (Å²) in [5.74, 6) is 0.177. The van der Waals surface area contributed by atoms with Crippen molar-refractivity contribution in [2.24, 2.45) is 0 Å². The van der Waals surface area contributed by atoms with Crippen molar-refractivity contribution in [3.05, 3.63) is 69.3 Å². The number of hydrogen-bond acceptors (Lipinski definition) is 6. The van der Waals surface area contributed by atoms with Crippen LogP contribution in [0.15, 0.2) is 52.6 Å². The summed E-state index contributed by atoms with van der Waals surface area (Å²) in [4.78, 5) is 38.3. The van der Waals surface area contributed by atoms with Gasteiger partial charge < -0.3 is 15.4 Å². The van der Waals surface area contributed by atoms with E-state index in [2.05, 4.69) is 15.7 Å². The highest BCUT2D eigenvalue weighted by Crippen LogP contribution is 2.30. The van der Waals surface area contributed by atoms with Gasteiger partial charge in [-0.1, -0.05) is 19.1 Å². The van der Waals surface area contributed by atoms with Gasteiger partial charge >= 0.3 is 0 Å². The number of carbonyl (C=O) groups excluding carboxylic acids is 2. The van der Waals surface area contributed by atoms with Gasteiger partial charge in [-0.25, -0.2) is 4.68 Å². The molecular formula is C23H24N4O4S. The van der Waals surface area contributed by atoms with Crippen LogP contribution in [0.25, 0.3) is 10.6 Å². The maximum absolute atomic E-state index is 12.7. The molecule has 0 aliphatic carbocycles. The van der Waals surface area contributed by atoms with Crippen molar-refractivity contribution in [1.29, 1.82) is 0 Å². The minimum Gasteiger partial charge on any atom is -0.497 e. The summed E-state index contributed by atoms with van der Waals surface area (Å²) in [5.41, 5.74) is 1.81. The first kappa shape index (κ1) is 21.8. The molecule has 4 rings (SSSR count). The molecule has 0 spiro atoms. The Morgan fingerprint density at radius 3 is 2.84 bits per heavy atom. The van der Waals surface area contributed by atoms with Gasteiger partial charge in [-0.3, -0.25) is 14.4 Å². The number of aromatic nitrogens is 2. The highest BCUT2D eigenvalue weighted by Gasteiger charge is 2.30. The highest BCUT2D eigenvalue weighted by atomic mass is 32.1. The molecular weight excluding hydrogens is 428 g/mol. The Labute approximate surface area is 189 Å². The van der Waals surface area contributed by atoms with E-state index in [1.165, 1.54) is 10.7 Å². The van der Waals surface area contributed by atoms with Crippen LogP contribution in [0.4, 0.5) is 0 Å². The fraction of sp³-hybridized carbons (Fsp3) is 0.304. The second kappa shape index (κ2) is 9.35. The van der Waals surface area contributed by atoms with Crippen LogP contribution in [-0.4, -0.2) is 34.7 Å². The van der Waals surface area contributed by atoms with Gasteiger partial charge in [-0.05, 0) is 41.6 Å². The van der Waals surface area contributed by atoms with Crippen LogP contribution < -0.4 is 20.9 Å². The molecule has 3 heterocycles. The minimum absolute atomic E-state index is 0.110. The average Bonchev–Trinajstić information content (AvgIpc) is 3.43. The number of fused-ring (bicyclic) bond motifs is 1. The van der Waals surface area contributed by atoms with E-state index < -0.39 is 6.04 Å². The SMILES string of the molecule is CC[C@H](Cn1nc(-c2cccs2)ccc1=O)NC(=O)C[C@H]1NC(=O)c2cc(OC)ccc21. The summed E-state index contributed by atoms with van der Waals surface area (Å²) in [6, 6.07) is 11.7. The van der Waals surface area contributed by atoms with E-state index in [4.69, 9.17) is 4.74 Å². The van der Waals surface area contributed by atoms with Crippen LogP contribution >= 0.6 is 11.3 Å². The predicted molar refractivity (Wildman–Crippen MR) is 122 cm³/mol. The van der Waals surface area contributed by atoms with E-state index in [0.29, 0.717) is 17.7 Å². The van der Waals surface area contributed by atoms with Crippen molar-refractivity contribution in [3.8, 4) is 16.3 Å². The lowest BCUT2D eigenvalue weighted by atomic mass is 10.0. The molecule has 166 valence electrons. The largest absolute Gasteiger partial charge is 0.497 e. The van der Waals surface area contributed by atoms with Gasteiger partial charge in [0.2, 0.25) is 5.91 Å². The molecule has 0 radical (unpaired) electrons. The number of hydrogen-bond donors (Lipinski definition) is 2. The van der Waals surface area contributed by atoms with E-state index in [1.54, 1.807) is 42.7 Å². The fourth-order valence-electron chi connectivity index (χ4n) is 3.73. The number of methoxy groups -OCH3 is 1. The molecule has 0 saturated carbocycles. The lowest BCUT2D eigenvalue weighted by Gasteiger charge is -2.19. The van der Waals surface area contributed by atoms with Gasteiger partial charge in [0.1, 0.15) is 11.4 Å². The van der Waals surface area contributed by atoms with Gasteiger partial charge in [0, 0.05) is 17.7 Å². The number of benzene rings is 1. The van der Waals surface area contributed by atoms with Crippen LogP contribution in [0.5, 0.6) is 5.75 Å². The van der Waals surface area contributed by atoms with Crippen LogP contribution in [0, 0.1) is 0 Å². The summed E-state index contributed by atoms with van der Waals surface area (Å²) in [7, 11) is 1.54. The summed E-state index contributed by atoms with van der Waals surface area (Å²) >= 11 is 1.55. The molecule has 2 atom stereocenters. The van der Waals surface area contributed by atoms with Crippen molar-refractivity contribution in [1.82, 2.24) is 20.4 Å². The van der Waals surface area contributed by atoms with E-state index in [9.17, 15) is 14.4 Å². The molecule has 1 aromatic carbocycles. The van der Waals surface area contributed by atoms with Crippen molar-refractivity contribution in [2.75, 3.05) is 7.11 Å². The van der Waals surface area contributed by atoms with Crippen molar-refractivity contribution < 1.29 is 14.3 Å². The molecule has 0 fully saturated rings. The van der Waals surface area contributed by atoms with Crippen molar-refractivity contribution in [2.45, 2.75) is 38.4 Å². The third kappa shape index (κ3) is 4.57. The molecule has 8 nitrogen and oxygen atoms in total. The average molecular weight is 453 g/mol. The second-order valence-electron chi connectivity index (χ2n) is 7.57. The molecule has 0 saturated heterocycles. The topological polar surface area (TPSA) is 102 Å². The maximum Gasteiger partial charge on any atom is 0.266 e. The second-order valence-corrected chi connectivity index (χ2v) is 8.52. The monoisotopic (exact) mass is 452 g/mol. The molecule has 32 heavy (non-hydrogen) atoms. The number of carbonyl (C=O) groups is 2. The number of nitrogens with zero attached hydrogens (tertiary/aromatic N) is 2. The Bertz CT molecular complexity index is 1190. The molecule has 1 aliphatic heterocycles. The van der Waals surface area contributed by atoms with Gasteiger partial charge in [0.15, 0.2) is 0 Å². The number of amides is 2. The van der Waals surface area contributed by atoms with Crippen LogP contribution in [0.1, 0.15) is 41.7 Å². The van der Waals surface area contributed by atoms with Gasteiger partial charge in [0.25, 0.3) is 11.5 Å². The number of thiophene rings is 1. The lowest BCUT2D eigenvalue weighted by Crippen LogP contribution is -2.41. The summed E-state index contributed by atoms with van der Waals surface area (Å²) in [5, 5.41) is 12.3. The third-order valence-corrected chi connectivity index (χ3v) is 6.36. The van der Waals surface area contributed by atoms with Crippen LogP contribution in [0.3, 0.4) is 0 Å². The predicted octanol–water partition coefficient (Wildman–Crippen LogP) is 2.75. The zero-order valence-electron chi connectivity index (χ0n) is 17.8. The van der Waals surface area contributed by atoms with Crippen molar-refractivity contribution in [3.63, 3.8) is 0 Å². The minimum atomic E-state index is -0.399. The molecule has 2 amide bonds. The summed E-state index contributed by atoms with van der Waals surface area (Å²) in [6.07, 6.45) is 0.743. The third-order valence-electron chi connectivity index (χ3n) is 5.47. The van der Waals surface area contributed by atoms with E-state index >= 15 is 0 Å². The molecule has 2 N–H and O–H groups in total. The zero-order chi connectivity index (χ0) is 22.7. The smallest absolute Gasteiger partial charge is 0.266 e. The summed E-state index contributed by atoms with van der Waals surface area (Å²) in [6.45, 7) is 2.21. The molecule has 3 aromatic rings. The standard InChI is InChI=1S/C23H24N4O4S/c1-3-14(13-27-22(29)9-8-18(26-27)20-5-4-10-32-20)24-21(28)12-19-16-7-6-15(31-2)11-17(16)23(30)25-19/h4-11,14,19H,3,12-13H2,1-2H3,(H,24,28)(H,25,30)/t14-,19-/m1/s1. The number of rotatable bonds is 8. The first-order valence-corrected chi connectivity index (χ1v) is 11.3. The van der Waals surface area contributed by atoms with Gasteiger partial charge in [-0.2, -0.15) is 5.10 Å². The molecule has 0 unspecified atom stereocenters. The molecule has 1 aliphatic rings. The molecule has 9 heteroatoms. The maximum atomic E-state index is 12.7. The summed E-state index contributed by atoms with van der Waals surface area (Å²) < 4.78 is 6.57. The Hall–Kier alpha value is -3.46. The van der Waals surface area contributed by atoms with Crippen LogP contribution in [0.2, 0.25) is 0 Å². The Kier molecular flexibility index (Phi) is 6.36. The van der Waals surface area contributed by atoms with E-state index in [1.807, 2.05) is 24.4 Å². The van der Waals surface area contributed by atoms with Crippen molar-refractivity contribution >= 4 is 23.2 Å². The fourth-order valence-corrected chi connectivity index (χ4v) is 4.42.